The van der Waals surface area contributed by atoms with Crippen molar-refractivity contribution in [1.82, 2.24) is 10.0 Å². The van der Waals surface area contributed by atoms with E-state index in [9.17, 15) is 18.0 Å². The summed E-state index contributed by atoms with van der Waals surface area (Å²) in [4.78, 5) is 24.3. The number of ether oxygens (including phenoxy) is 1. The smallest absolute Gasteiger partial charge is 0.264 e. The van der Waals surface area contributed by atoms with E-state index in [0.29, 0.717) is 23.7 Å². The first-order valence-electron chi connectivity index (χ1n) is 10.3. The van der Waals surface area contributed by atoms with Crippen molar-refractivity contribution in [2.75, 3.05) is 7.11 Å². The largest absolute Gasteiger partial charge is 0.450 e. The highest BCUT2D eigenvalue weighted by Crippen LogP contribution is 2.19. The normalized spacial score (nSPS) is 12.6. The molecule has 0 aliphatic heterocycles. The van der Waals surface area contributed by atoms with Gasteiger partial charge in [0.15, 0.2) is 16.5 Å². The van der Waals surface area contributed by atoms with Crippen LogP contribution in [0.5, 0.6) is 0 Å². The molecule has 2 heterocycles. The molecule has 0 saturated heterocycles. The first kappa shape index (κ1) is 25.0. The standard InChI is InChI=1S/C24H24N2O7S/c1-24(34(30)31,23(28)25-29)12-14-26-13-11-19(15-22(26)27)18-6-3-17(4-7-18)5-8-20-9-10-21(33-20)16-32-2/h3-4,6-7,9-11,13,15,29,34H,12,14,16H2,1-2H3,(H,25,28). The lowest BCUT2D eigenvalue weighted by Crippen LogP contribution is -2.45. The molecule has 2 aromatic heterocycles. The molecule has 178 valence electrons. The van der Waals surface area contributed by atoms with Gasteiger partial charge < -0.3 is 13.7 Å². The molecule has 0 saturated carbocycles. The molecular weight excluding hydrogens is 460 g/mol. The maximum Gasteiger partial charge on any atom is 0.264 e. The van der Waals surface area contributed by atoms with Gasteiger partial charge in [-0.05, 0) is 60.7 Å². The number of rotatable bonds is 8. The topological polar surface area (TPSA) is 128 Å². The molecule has 10 heteroatoms. The predicted octanol–water partition coefficient (Wildman–Crippen LogP) is 1.92. The number of carbonyl (C=O) groups excluding carboxylic acids is 1. The predicted molar refractivity (Wildman–Crippen MR) is 125 cm³/mol. The molecule has 0 radical (unpaired) electrons. The lowest BCUT2D eigenvalue weighted by atomic mass is 10.0. The maximum absolute atomic E-state index is 12.5. The van der Waals surface area contributed by atoms with Crippen molar-refractivity contribution in [3.63, 3.8) is 0 Å². The number of nitrogens with one attached hydrogen (secondary N) is 1. The summed E-state index contributed by atoms with van der Waals surface area (Å²) >= 11 is 0. The molecule has 0 spiro atoms. The van der Waals surface area contributed by atoms with E-state index < -0.39 is 21.4 Å². The lowest BCUT2D eigenvalue weighted by Gasteiger charge is -2.20. The molecule has 0 aliphatic carbocycles. The Morgan fingerprint density at radius 2 is 1.88 bits per heavy atom. The van der Waals surface area contributed by atoms with Gasteiger partial charge in [0.2, 0.25) is 0 Å². The summed E-state index contributed by atoms with van der Waals surface area (Å²) in [6.07, 6.45) is 1.36. The van der Waals surface area contributed by atoms with Crippen molar-refractivity contribution in [2.45, 2.75) is 31.2 Å². The third kappa shape index (κ3) is 5.82. The van der Waals surface area contributed by atoms with Crippen LogP contribution in [0, 0.1) is 11.8 Å². The minimum absolute atomic E-state index is 0.0141. The highest BCUT2D eigenvalue weighted by atomic mass is 32.2. The van der Waals surface area contributed by atoms with Crippen LogP contribution in [0.15, 0.2) is 63.9 Å². The van der Waals surface area contributed by atoms with Crippen molar-refractivity contribution >= 4 is 16.6 Å². The van der Waals surface area contributed by atoms with Gasteiger partial charge in [-0.15, -0.1) is 0 Å². The fraction of sp³-hybridized carbons (Fsp3) is 0.250. The lowest BCUT2D eigenvalue weighted by molar-refractivity contribution is -0.131. The van der Waals surface area contributed by atoms with Crippen LogP contribution in [0.3, 0.4) is 0 Å². The fourth-order valence-electron chi connectivity index (χ4n) is 3.16. The van der Waals surface area contributed by atoms with Crippen LogP contribution in [-0.4, -0.2) is 36.0 Å². The average Bonchev–Trinajstić information content (AvgIpc) is 3.29. The first-order chi connectivity index (χ1) is 16.3. The van der Waals surface area contributed by atoms with Crippen LogP contribution in [0.4, 0.5) is 0 Å². The summed E-state index contributed by atoms with van der Waals surface area (Å²) in [6, 6.07) is 14.1. The molecule has 2 N–H and O–H groups in total. The summed E-state index contributed by atoms with van der Waals surface area (Å²) in [7, 11) is -1.58. The number of hydrogen-bond donors (Lipinski definition) is 3. The molecule has 1 aromatic carbocycles. The second-order valence-electron chi connectivity index (χ2n) is 7.70. The molecule has 0 fully saturated rings. The number of hydrogen-bond acceptors (Lipinski definition) is 7. The Kier molecular flexibility index (Phi) is 8.07. The van der Waals surface area contributed by atoms with Crippen molar-refractivity contribution in [3.05, 3.63) is 82.2 Å². The Balaban J connectivity index is 1.71. The molecular formula is C24H24N2O7S. The van der Waals surface area contributed by atoms with Gasteiger partial charge in [0.05, 0.1) is 0 Å². The first-order valence-corrected chi connectivity index (χ1v) is 11.4. The van der Waals surface area contributed by atoms with E-state index in [2.05, 4.69) is 11.8 Å². The molecule has 3 aromatic rings. The second-order valence-corrected chi connectivity index (χ2v) is 9.20. The van der Waals surface area contributed by atoms with E-state index >= 15 is 0 Å². The van der Waals surface area contributed by atoms with Crippen LogP contribution < -0.4 is 11.0 Å². The Morgan fingerprint density at radius 3 is 2.50 bits per heavy atom. The number of hydroxylamine groups is 1. The summed E-state index contributed by atoms with van der Waals surface area (Å²) in [5.74, 6) is 6.16. The summed E-state index contributed by atoms with van der Waals surface area (Å²) < 4.78 is 33.0. The summed E-state index contributed by atoms with van der Waals surface area (Å²) in [5, 5.41) is 8.81. The zero-order valence-corrected chi connectivity index (χ0v) is 19.5. The Hall–Kier alpha value is -3.65. The monoisotopic (exact) mass is 484 g/mol. The third-order valence-corrected chi connectivity index (χ3v) is 6.56. The fourth-order valence-corrected chi connectivity index (χ4v) is 3.66. The third-order valence-electron chi connectivity index (χ3n) is 5.33. The minimum Gasteiger partial charge on any atom is -0.450 e. The summed E-state index contributed by atoms with van der Waals surface area (Å²) in [5.41, 5.74) is 3.28. The zero-order chi connectivity index (χ0) is 24.7. The van der Waals surface area contributed by atoms with Crippen molar-refractivity contribution in [3.8, 4) is 23.0 Å². The van der Waals surface area contributed by atoms with E-state index in [0.717, 1.165) is 11.1 Å². The molecule has 1 atom stereocenters. The molecule has 9 nitrogen and oxygen atoms in total. The molecule has 1 amide bonds. The van der Waals surface area contributed by atoms with E-state index in [1.807, 2.05) is 24.3 Å². The quantitative estimate of drug-likeness (QED) is 0.193. The maximum atomic E-state index is 12.5. The van der Waals surface area contributed by atoms with Gasteiger partial charge >= 0.3 is 0 Å². The number of furan rings is 1. The Labute approximate surface area is 197 Å². The van der Waals surface area contributed by atoms with Gasteiger partial charge in [-0.2, -0.15) is 0 Å². The number of carbonyl (C=O) groups is 1. The number of aryl methyl sites for hydroxylation is 1. The zero-order valence-electron chi connectivity index (χ0n) is 18.6. The van der Waals surface area contributed by atoms with Gasteiger partial charge in [0, 0.05) is 31.5 Å². The SMILES string of the molecule is COCc1ccc(C#Cc2ccc(-c3ccn(CCC(C)(C(=O)NO)[SH](=O)=O)c(=O)c3)cc2)o1. The Bertz CT molecular complexity index is 1350. The molecule has 0 bridgehead atoms. The number of amides is 1. The number of aromatic nitrogens is 1. The number of benzene rings is 1. The average molecular weight is 485 g/mol. The highest BCUT2D eigenvalue weighted by Gasteiger charge is 2.36. The molecule has 3 rings (SSSR count). The van der Waals surface area contributed by atoms with E-state index in [1.54, 1.807) is 25.3 Å². The van der Waals surface area contributed by atoms with Crippen molar-refractivity contribution in [1.29, 1.82) is 0 Å². The van der Waals surface area contributed by atoms with E-state index in [1.165, 1.54) is 29.2 Å². The van der Waals surface area contributed by atoms with Gasteiger partial charge in [0.1, 0.15) is 17.1 Å². The number of methoxy groups -OCH3 is 1. The van der Waals surface area contributed by atoms with Crippen molar-refractivity contribution < 1.29 is 27.6 Å². The van der Waals surface area contributed by atoms with Crippen LogP contribution in [0.1, 0.15) is 30.4 Å². The van der Waals surface area contributed by atoms with Crippen molar-refractivity contribution in [2.24, 2.45) is 0 Å². The second kappa shape index (κ2) is 11.0. The van der Waals surface area contributed by atoms with Gasteiger partial charge in [-0.25, -0.2) is 13.9 Å². The molecule has 0 aliphatic rings. The van der Waals surface area contributed by atoms with Crippen LogP contribution >= 0.6 is 0 Å². The number of thiol groups is 1. The highest BCUT2D eigenvalue weighted by molar-refractivity contribution is 7.75. The van der Waals surface area contributed by atoms with Crippen LogP contribution in [-0.2, 0) is 33.4 Å². The van der Waals surface area contributed by atoms with Crippen LogP contribution in [0.25, 0.3) is 11.1 Å². The minimum atomic E-state index is -3.17. The Morgan fingerprint density at radius 1 is 1.15 bits per heavy atom. The number of nitrogens with zero attached hydrogens (tertiary/aromatic N) is 1. The van der Waals surface area contributed by atoms with E-state index in [-0.39, 0.29) is 18.5 Å². The number of pyridine rings is 1. The summed E-state index contributed by atoms with van der Waals surface area (Å²) in [6.45, 7) is 1.56. The van der Waals surface area contributed by atoms with Gasteiger partial charge in [-0.3, -0.25) is 14.8 Å². The molecule has 34 heavy (non-hydrogen) atoms. The van der Waals surface area contributed by atoms with Gasteiger partial charge in [0.25, 0.3) is 11.5 Å². The van der Waals surface area contributed by atoms with E-state index in [4.69, 9.17) is 14.4 Å². The molecule has 1 unspecified atom stereocenters. The van der Waals surface area contributed by atoms with Gasteiger partial charge in [-0.1, -0.05) is 18.1 Å². The van der Waals surface area contributed by atoms with Crippen LogP contribution in [0.2, 0.25) is 0 Å².